The SMILES string of the molecule is COc1ccc(-c2noc(C3CC(=O)N(CCc4ccc(Cl)cc4)C3)n2)cc1. The zero-order valence-corrected chi connectivity index (χ0v) is 16.2. The Morgan fingerprint density at radius 2 is 1.93 bits per heavy atom. The van der Waals surface area contributed by atoms with Crippen LogP contribution in [0, 0.1) is 0 Å². The summed E-state index contributed by atoms with van der Waals surface area (Å²) in [4.78, 5) is 18.7. The summed E-state index contributed by atoms with van der Waals surface area (Å²) in [7, 11) is 1.62. The predicted molar refractivity (Wildman–Crippen MR) is 105 cm³/mol. The lowest BCUT2D eigenvalue weighted by Gasteiger charge is -2.15. The van der Waals surface area contributed by atoms with Crippen molar-refractivity contribution >= 4 is 17.5 Å². The van der Waals surface area contributed by atoms with Gasteiger partial charge in [0.05, 0.1) is 13.0 Å². The van der Waals surface area contributed by atoms with Crippen molar-refractivity contribution < 1.29 is 14.1 Å². The van der Waals surface area contributed by atoms with E-state index in [9.17, 15) is 4.79 Å². The van der Waals surface area contributed by atoms with E-state index in [0.29, 0.717) is 36.2 Å². The van der Waals surface area contributed by atoms with E-state index in [1.165, 1.54) is 0 Å². The Balaban J connectivity index is 1.39. The number of carbonyl (C=O) groups is 1. The van der Waals surface area contributed by atoms with E-state index >= 15 is 0 Å². The van der Waals surface area contributed by atoms with E-state index in [-0.39, 0.29) is 11.8 Å². The molecular weight excluding hydrogens is 378 g/mol. The van der Waals surface area contributed by atoms with E-state index in [1.54, 1.807) is 7.11 Å². The van der Waals surface area contributed by atoms with Crippen LogP contribution in [0.15, 0.2) is 53.1 Å². The minimum absolute atomic E-state index is 0.0720. The van der Waals surface area contributed by atoms with Crippen molar-refractivity contribution in [2.24, 2.45) is 0 Å². The average molecular weight is 398 g/mol. The van der Waals surface area contributed by atoms with Crippen LogP contribution in [0.5, 0.6) is 5.75 Å². The molecule has 1 saturated heterocycles. The van der Waals surface area contributed by atoms with Gasteiger partial charge >= 0.3 is 0 Å². The van der Waals surface area contributed by atoms with Crippen LogP contribution in [-0.4, -0.2) is 41.1 Å². The average Bonchev–Trinajstić information content (AvgIpc) is 3.35. The fourth-order valence-corrected chi connectivity index (χ4v) is 3.45. The van der Waals surface area contributed by atoms with Gasteiger partial charge in [-0.15, -0.1) is 0 Å². The first kappa shape index (κ1) is 18.5. The first-order chi connectivity index (χ1) is 13.6. The summed E-state index contributed by atoms with van der Waals surface area (Å²) < 4.78 is 10.6. The molecule has 6 nitrogen and oxygen atoms in total. The highest BCUT2D eigenvalue weighted by molar-refractivity contribution is 6.30. The van der Waals surface area contributed by atoms with Crippen molar-refractivity contribution in [2.45, 2.75) is 18.8 Å². The molecule has 1 fully saturated rings. The first-order valence-electron chi connectivity index (χ1n) is 9.12. The van der Waals surface area contributed by atoms with Crippen molar-refractivity contribution in [2.75, 3.05) is 20.2 Å². The van der Waals surface area contributed by atoms with Gasteiger partial charge in [0.1, 0.15) is 5.75 Å². The highest BCUT2D eigenvalue weighted by Gasteiger charge is 2.34. The highest BCUT2D eigenvalue weighted by atomic mass is 35.5. The van der Waals surface area contributed by atoms with Crippen LogP contribution in [0.2, 0.25) is 5.02 Å². The van der Waals surface area contributed by atoms with Crippen molar-refractivity contribution in [1.82, 2.24) is 15.0 Å². The lowest BCUT2D eigenvalue weighted by Crippen LogP contribution is -2.27. The largest absolute Gasteiger partial charge is 0.497 e. The second kappa shape index (κ2) is 8.02. The second-order valence-electron chi connectivity index (χ2n) is 6.80. The number of likely N-dealkylation sites (tertiary alicyclic amines) is 1. The number of amides is 1. The summed E-state index contributed by atoms with van der Waals surface area (Å²) in [5, 5.41) is 4.78. The molecule has 0 aliphatic carbocycles. The van der Waals surface area contributed by atoms with Gasteiger partial charge in [-0.1, -0.05) is 28.9 Å². The number of halogens is 1. The molecule has 1 atom stereocenters. The molecule has 7 heteroatoms. The van der Waals surface area contributed by atoms with Gasteiger partial charge in [-0.25, -0.2) is 0 Å². The van der Waals surface area contributed by atoms with Crippen LogP contribution in [-0.2, 0) is 11.2 Å². The summed E-state index contributed by atoms with van der Waals surface area (Å²) in [6.07, 6.45) is 1.18. The van der Waals surface area contributed by atoms with Gasteiger partial charge in [-0.2, -0.15) is 4.98 Å². The lowest BCUT2D eigenvalue weighted by atomic mass is 10.1. The fraction of sp³-hybridized carbons (Fsp3) is 0.286. The molecule has 144 valence electrons. The van der Waals surface area contributed by atoms with Gasteiger partial charge in [0.15, 0.2) is 0 Å². The molecule has 1 aromatic heterocycles. The molecule has 2 heterocycles. The minimum Gasteiger partial charge on any atom is -0.497 e. The van der Waals surface area contributed by atoms with E-state index in [0.717, 1.165) is 23.3 Å². The Bertz CT molecular complexity index is 954. The molecular formula is C21H20ClN3O3. The maximum absolute atomic E-state index is 12.4. The standard InChI is InChI=1S/C21H20ClN3O3/c1-27-18-8-4-15(5-9-18)20-23-21(28-24-20)16-12-19(26)25(13-16)11-10-14-2-6-17(22)7-3-14/h2-9,16H,10-13H2,1H3. The summed E-state index contributed by atoms with van der Waals surface area (Å²) in [5.41, 5.74) is 2.00. The molecule has 28 heavy (non-hydrogen) atoms. The minimum atomic E-state index is -0.0720. The maximum atomic E-state index is 12.4. The van der Waals surface area contributed by atoms with Crippen molar-refractivity contribution in [3.63, 3.8) is 0 Å². The fourth-order valence-electron chi connectivity index (χ4n) is 3.33. The van der Waals surface area contributed by atoms with Crippen LogP contribution in [0.4, 0.5) is 0 Å². The number of rotatable bonds is 6. The normalized spacial score (nSPS) is 16.6. The molecule has 0 N–H and O–H groups in total. The van der Waals surface area contributed by atoms with Gasteiger partial charge < -0.3 is 14.2 Å². The van der Waals surface area contributed by atoms with Crippen molar-refractivity contribution in [1.29, 1.82) is 0 Å². The summed E-state index contributed by atoms with van der Waals surface area (Å²) in [5.74, 6) is 1.84. The van der Waals surface area contributed by atoms with Crippen LogP contribution in [0.3, 0.4) is 0 Å². The Morgan fingerprint density at radius 3 is 2.64 bits per heavy atom. The number of methoxy groups -OCH3 is 1. The number of hydrogen-bond donors (Lipinski definition) is 0. The van der Waals surface area contributed by atoms with Gasteiger partial charge in [-0.05, 0) is 48.4 Å². The third-order valence-corrected chi connectivity index (χ3v) is 5.19. The summed E-state index contributed by atoms with van der Waals surface area (Å²) >= 11 is 5.92. The van der Waals surface area contributed by atoms with Crippen LogP contribution >= 0.6 is 11.6 Å². The second-order valence-corrected chi connectivity index (χ2v) is 7.24. The van der Waals surface area contributed by atoms with Crippen LogP contribution in [0.1, 0.15) is 23.8 Å². The molecule has 1 amide bonds. The molecule has 1 aliphatic heterocycles. The van der Waals surface area contributed by atoms with Crippen LogP contribution in [0.25, 0.3) is 11.4 Å². The number of benzene rings is 2. The molecule has 0 bridgehead atoms. The zero-order chi connectivity index (χ0) is 19.5. The number of ether oxygens (including phenoxy) is 1. The number of nitrogens with zero attached hydrogens (tertiary/aromatic N) is 3. The Morgan fingerprint density at radius 1 is 1.18 bits per heavy atom. The zero-order valence-electron chi connectivity index (χ0n) is 15.5. The van der Waals surface area contributed by atoms with Gasteiger partial charge in [-0.3, -0.25) is 4.79 Å². The number of aromatic nitrogens is 2. The molecule has 1 aliphatic rings. The maximum Gasteiger partial charge on any atom is 0.232 e. The van der Waals surface area contributed by atoms with Crippen molar-refractivity contribution in [3.05, 3.63) is 65.0 Å². The van der Waals surface area contributed by atoms with Gasteiger partial charge in [0, 0.05) is 30.1 Å². The highest BCUT2D eigenvalue weighted by Crippen LogP contribution is 2.29. The van der Waals surface area contributed by atoms with E-state index in [1.807, 2.05) is 53.4 Å². The number of carbonyl (C=O) groups excluding carboxylic acids is 1. The Hall–Kier alpha value is -2.86. The molecule has 2 aromatic carbocycles. The Kier molecular flexibility index (Phi) is 5.30. The van der Waals surface area contributed by atoms with Crippen LogP contribution < -0.4 is 4.74 Å². The molecule has 0 radical (unpaired) electrons. The monoisotopic (exact) mass is 397 g/mol. The molecule has 1 unspecified atom stereocenters. The quantitative estimate of drug-likeness (QED) is 0.629. The molecule has 0 saturated carbocycles. The summed E-state index contributed by atoms with van der Waals surface area (Å²) in [6, 6.07) is 15.2. The van der Waals surface area contributed by atoms with E-state index in [4.69, 9.17) is 20.9 Å². The third kappa shape index (κ3) is 4.02. The van der Waals surface area contributed by atoms with Gasteiger partial charge in [0.25, 0.3) is 0 Å². The van der Waals surface area contributed by atoms with Crippen molar-refractivity contribution in [3.8, 4) is 17.1 Å². The Labute approximate surface area is 168 Å². The van der Waals surface area contributed by atoms with E-state index < -0.39 is 0 Å². The lowest BCUT2D eigenvalue weighted by molar-refractivity contribution is -0.127. The molecule has 0 spiro atoms. The third-order valence-electron chi connectivity index (χ3n) is 4.94. The van der Waals surface area contributed by atoms with E-state index in [2.05, 4.69) is 10.1 Å². The predicted octanol–water partition coefficient (Wildman–Crippen LogP) is 3.96. The summed E-state index contributed by atoms with van der Waals surface area (Å²) in [6.45, 7) is 1.26. The first-order valence-corrected chi connectivity index (χ1v) is 9.50. The smallest absolute Gasteiger partial charge is 0.232 e. The number of hydrogen-bond acceptors (Lipinski definition) is 5. The molecule has 3 aromatic rings. The topological polar surface area (TPSA) is 68.5 Å². The van der Waals surface area contributed by atoms with Gasteiger partial charge in [0.2, 0.25) is 17.6 Å². The molecule has 4 rings (SSSR count).